The lowest BCUT2D eigenvalue weighted by atomic mass is 9.90. The van der Waals surface area contributed by atoms with Gasteiger partial charge in [0.25, 0.3) is 0 Å². The van der Waals surface area contributed by atoms with Gasteiger partial charge in [0.05, 0.1) is 6.10 Å². The van der Waals surface area contributed by atoms with E-state index >= 15 is 0 Å². The van der Waals surface area contributed by atoms with E-state index in [4.69, 9.17) is 4.74 Å². The van der Waals surface area contributed by atoms with Crippen LogP contribution < -0.4 is 0 Å². The quantitative estimate of drug-likeness (QED) is 0.767. The topological polar surface area (TPSA) is 26.3 Å². The summed E-state index contributed by atoms with van der Waals surface area (Å²) in [7, 11) is 0. The Morgan fingerprint density at radius 1 is 1.25 bits per heavy atom. The van der Waals surface area contributed by atoms with Gasteiger partial charge in [-0.2, -0.15) is 0 Å². The largest absolute Gasteiger partial charge is 0.358 e. The Hall–Kier alpha value is -1.45. The SMILES string of the molecule is Cc1ccc2c(c1)C(C=O)OC(c1cccc(Br)c1)C2. The number of rotatable bonds is 2. The molecular weight excluding hydrogens is 316 g/mol. The van der Waals surface area contributed by atoms with Gasteiger partial charge in [0.2, 0.25) is 0 Å². The normalized spacial score (nSPS) is 21.3. The third-order valence-electron chi connectivity index (χ3n) is 3.67. The number of aldehydes is 1. The zero-order valence-corrected chi connectivity index (χ0v) is 12.8. The monoisotopic (exact) mass is 330 g/mol. The van der Waals surface area contributed by atoms with Gasteiger partial charge >= 0.3 is 0 Å². The predicted molar refractivity (Wildman–Crippen MR) is 81.7 cm³/mol. The summed E-state index contributed by atoms with van der Waals surface area (Å²) >= 11 is 3.48. The Balaban J connectivity index is 1.99. The fourth-order valence-corrected chi connectivity index (χ4v) is 3.09. The van der Waals surface area contributed by atoms with E-state index in [9.17, 15) is 4.79 Å². The summed E-state index contributed by atoms with van der Waals surface area (Å²) in [6.45, 7) is 2.03. The fraction of sp³-hybridized carbons (Fsp3) is 0.235. The minimum Gasteiger partial charge on any atom is -0.358 e. The Labute approximate surface area is 126 Å². The number of aryl methyl sites for hydroxylation is 1. The van der Waals surface area contributed by atoms with Crippen LogP contribution in [0.3, 0.4) is 0 Å². The highest BCUT2D eigenvalue weighted by molar-refractivity contribution is 9.10. The first kappa shape index (κ1) is 13.5. The van der Waals surface area contributed by atoms with Gasteiger partial charge in [0, 0.05) is 10.9 Å². The molecule has 0 amide bonds. The average molecular weight is 331 g/mol. The van der Waals surface area contributed by atoms with Crippen LogP contribution in [0.5, 0.6) is 0 Å². The third kappa shape index (κ3) is 2.56. The van der Waals surface area contributed by atoms with Crippen molar-refractivity contribution in [3.05, 3.63) is 69.2 Å². The van der Waals surface area contributed by atoms with Crippen molar-refractivity contribution in [3.8, 4) is 0 Å². The molecule has 2 unspecified atom stereocenters. The van der Waals surface area contributed by atoms with Crippen molar-refractivity contribution in [2.24, 2.45) is 0 Å². The van der Waals surface area contributed by atoms with Crippen molar-refractivity contribution in [1.29, 1.82) is 0 Å². The van der Waals surface area contributed by atoms with Gasteiger partial charge in [-0.25, -0.2) is 0 Å². The molecule has 1 heterocycles. The molecule has 2 nitrogen and oxygen atoms in total. The maximum absolute atomic E-state index is 11.3. The molecule has 0 bridgehead atoms. The van der Waals surface area contributed by atoms with Crippen LogP contribution in [-0.2, 0) is 16.0 Å². The van der Waals surface area contributed by atoms with Crippen LogP contribution in [0.25, 0.3) is 0 Å². The fourth-order valence-electron chi connectivity index (χ4n) is 2.67. The first-order chi connectivity index (χ1) is 9.67. The predicted octanol–water partition coefficient (Wildman–Crippen LogP) is 4.31. The summed E-state index contributed by atoms with van der Waals surface area (Å²) in [6, 6.07) is 14.3. The molecule has 0 aliphatic carbocycles. The van der Waals surface area contributed by atoms with Crippen molar-refractivity contribution < 1.29 is 9.53 Å². The van der Waals surface area contributed by atoms with E-state index in [1.165, 1.54) is 5.56 Å². The molecule has 0 fully saturated rings. The molecule has 1 aliphatic rings. The summed E-state index contributed by atoms with van der Waals surface area (Å²) in [6.07, 6.45) is 1.15. The molecule has 0 saturated carbocycles. The standard InChI is InChI=1S/C17H15BrO2/c1-11-5-6-12-9-16(13-3-2-4-14(18)8-13)20-17(10-19)15(12)7-11/h2-8,10,16-17H,9H2,1H3. The van der Waals surface area contributed by atoms with Crippen LogP contribution in [0.15, 0.2) is 46.9 Å². The minimum absolute atomic E-state index is 0.0714. The number of fused-ring (bicyclic) bond motifs is 1. The van der Waals surface area contributed by atoms with Crippen molar-refractivity contribution in [2.45, 2.75) is 25.6 Å². The number of hydrogen-bond acceptors (Lipinski definition) is 2. The van der Waals surface area contributed by atoms with Gasteiger partial charge < -0.3 is 9.53 Å². The second-order valence-electron chi connectivity index (χ2n) is 5.14. The van der Waals surface area contributed by atoms with E-state index in [1.807, 2.05) is 37.3 Å². The van der Waals surface area contributed by atoms with Gasteiger partial charge in [0.15, 0.2) is 6.29 Å². The van der Waals surface area contributed by atoms with Gasteiger partial charge in [0.1, 0.15) is 6.10 Å². The summed E-state index contributed by atoms with van der Waals surface area (Å²) in [4.78, 5) is 11.3. The Bertz CT molecular complexity index is 651. The first-order valence-electron chi connectivity index (χ1n) is 6.63. The maximum atomic E-state index is 11.3. The lowest BCUT2D eigenvalue weighted by Crippen LogP contribution is -2.21. The first-order valence-corrected chi connectivity index (χ1v) is 7.42. The highest BCUT2D eigenvalue weighted by Crippen LogP contribution is 2.37. The molecule has 2 atom stereocenters. The number of carbonyl (C=O) groups is 1. The minimum atomic E-state index is -0.470. The molecule has 0 N–H and O–H groups in total. The van der Waals surface area contributed by atoms with Gasteiger partial charge in [-0.3, -0.25) is 0 Å². The van der Waals surface area contributed by atoms with E-state index in [0.717, 1.165) is 33.9 Å². The summed E-state index contributed by atoms with van der Waals surface area (Å²) in [5.74, 6) is 0. The van der Waals surface area contributed by atoms with Gasteiger partial charge in [-0.15, -0.1) is 0 Å². The molecule has 3 rings (SSSR count). The summed E-state index contributed by atoms with van der Waals surface area (Å²) < 4.78 is 6.99. The molecule has 0 radical (unpaired) electrons. The van der Waals surface area contributed by atoms with Crippen molar-refractivity contribution in [1.82, 2.24) is 0 Å². The van der Waals surface area contributed by atoms with Crippen molar-refractivity contribution >= 4 is 22.2 Å². The number of ether oxygens (including phenoxy) is 1. The van der Waals surface area contributed by atoms with Crippen LogP contribution >= 0.6 is 15.9 Å². The van der Waals surface area contributed by atoms with Gasteiger partial charge in [-0.1, -0.05) is 51.8 Å². The lowest BCUT2D eigenvalue weighted by Gasteiger charge is -2.30. The highest BCUT2D eigenvalue weighted by Gasteiger charge is 2.28. The molecule has 2 aromatic carbocycles. The van der Waals surface area contributed by atoms with Crippen LogP contribution in [0.1, 0.15) is 34.5 Å². The molecule has 0 spiro atoms. The van der Waals surface area contributed by atoms with E-state index in [1.54, 1.807) is 0 Å². The molecule has 102 valence electrons. The Kier molecular flexibility index (Phi) is 3.72. The summed E-state index contributed by atoms with van der Waals surface area (Å²) in [5, 5.41) is 0. The van der Waals surface area contributed by atoms with Gasteiger partial charge in [-0.05, 0) is 35.7 Å². The molecule has 0 aromatic heterocycles. The second kappa shape index (κ2) is 5.51. The summed E-state index contributed by atoms with van der Waals surface area (Å²) in [5.41, 5.74) is 4.45. The molecule has 3 heteroatoms. The molecule has 0 saturated heterocycles. The van der Waals surface area contributed by atoms with Crippen LogP contribution in [0.4, 0.5) is 0 Å². The van der Waals surface area contributed by atoms with Crippen molar-refractivity contribution in [2.75, 3.05) is 0 Å². The average Bonchev–Trinajstić information content (AvgIpc) is 2.46. The smallest absolute Gasteiger partial charge is 0.153 e. The zero-order valence-electron chi connectivity index (χ0n) is 11.2. The van der Waals surface area contributed by atoms with Crippen LogP contribution in [0, 0.1) is 6.92 Å². The lowest BCUT2D eigenvalue weighted by molar-refractivity contribution is -0.124. The third-order valence-corrected chi connectivity index (χ3v) is 4.16. The molecular formula is C17H15BrO2. The van der Waals surface area contributed by atoms with E-state index in [2.05, 4.69) is 28.1 Å². The van der Waals surface area contributed by atoms with E-state index < -0.39 is 6.10 Å². The van der Waals surface area contributed by atoms with Crippen molar-refractivity contribution in [3.63, 3.8) is 0 Å². The Morgan fingerprint density at radius 2 is 2.10 bits per heavy atom. The zero-order chi connectivity index (χ0) is 14.1. The highest BCUT2D eigenvalue weighted by atomic mass is 79.9. The second-order valence-corrected chi connectivity index (χ2v) is 6.06. The number of benzene rings is 2. The Morgan fingerprint density at radius 3 is 2.85 bits per heavy atom. The van der Waals surface area contributed by atoms with Crippen LogP contribution in [0.2, 0.25) is 0 Å². The van der Waals surface area contributed by atoms with Crippen LogP contribution in [-0.4, -0.2) is 6.29 Å². The maximum Gasteiger partial charge on any atom is 0.153 e. The van der Waals surface area contributed by atoms with E-state index in [-0.39, 0.29) is 6.10 Å². The van der Waals surface area contributed by atoms with E-state index in [0.29, 0.717) is 0 Å². The number of hydrogen-bond donors (Lipinski definition) is 0. The number of halogens is 1. The molecule has 2 aromatic rings. The molecule has 1 aliphatic heterocycles. The number of carbonyl (C=O) groups excluding carboxylic acids is 1. The molecule has 20 heavy (non-hydrogen) atoms.